The maximum absolute atomic E-state index is 12.9. The van der Waals surface area contributed by atoms with Crippen LogP contribution in [0.1, 0.15) is 11.5 Å². The van der Waals surface area contributed by atoms with E-state index in [1.165, 1.54) is 23.5 Å². The summed E-state index contributed by atoms with van der Waals surface area (Å²) >= 11 is 1.53. The summed E-state index contributed by atoms with van der Waals surface area (Å²) in [6.45, 7) is 1.14. The molecule has 0 aliphatic rings. The molecule has 0 radical (unpaired) electrons. The molecule has 2 aromatic heterocycles. The lowest BCUT2D eigenvalue weighted by molar-refractivity contribution is 0.628. The Balaban J connectivity index is 1.60. The Morgan fingerprint density at radius 1 is 1.20 bits per heavy atom. The van der Waals surface area contributed by atoms with E-state index < -0.39 is 0 Å². The molecular weight excluding hydrogens is 279 g/mol. The Hall–Kier alpha value is -2.19. The molecule has 0 aliphatic heterocycles. The number of hydrogen-bond donors (Lipinski definition) is 2. The molecule has 6 nitrogen and oxygen atoms in total. The summed E-state index contributed by atoms with van der Waals surface area (Å²) in [6, 6.07) is 6.32. The van der Waals surface area contributed by atoms with Crippen LogP contribution in [0, 0.1) is 5.82 Å². The van der Waals surface area contributed by atoms with Gasteiger partial charge in [-0.2, -0.15) is 5.21 Å². The molecule has 3 aromatic rings. The van der Waals surface area contributed by atoms with Crippen LogP contribution in [0.15, 0.2) is 29.6 Å². The monoisotopic (exact) mass is 290 g/mol. The van der Waals surface area contributed by atoms with E-state index in [-0.39, 0.29) is 5.82 Å². The average Bonchev–Trinajstić information content (AvgIpc) is 3.11. The Morgan fingerprint density at radius 2 is 2.05 bits per heavy atom. The van der Waals surface area contributed by atoms with Crippen molar-refractivity contribution in [3.05, 3.63) is 47.0 Å². The van der Waals surface area contributed by atoms with Crippen LogP contribution in [0.2, 0.25) is 0 Å². The molecule has 8 heteroatoms. The fourth-order valence-corrected chi connectivity index (χ4v) is 2.50. The highest BCUT2D eigenvalue weighted by molar-refractivity contribution is 7.13. The van der Waals surface area contributed by atoms with Gasteiger partial charge in [0.05, 0.1) is 12.2 Å². The molecule has 0 unspecified atom stereocenters. The van der Waals surface area contributed by atoms with Crippen LogP contribution in [0.5, 0.6) is 0 Å². The van der Waals surface area contributed by atoms with Crippen molar-refractivity contribution in [3.8, 4) is 10.6 Å². The number of rotatable bonds is 5. The molecule has 0 spiro atoms. The molecule has 3 rings (SSSR count). The Labute approximate surface area is 118 Å². The van der Waals surface area contributed by atoms with Gasteiger partial charge in [-0.3, -0.25) is 0 Å². The number of hydrogen-bond acceptors (Lipinski definition) is 6. The van der Waals surface area contributed by atoms with Crippen LogP contribution >= 0.6 is 11.3 Å². The van der Waals surface area contributed by atoms with Crippen molar-refractivity contribution in [2.24, 2.45) is 0 Å². The maximum atomic E-state index is 12.9. The third-order valence-corrected chi connectivity index (χ3v) is 3.56. The highest BCUT2D eigenvalue weighted by Crippen LogP contribution is 2.23. The smallest absolute Gasteiger partial charge is 0.188 e. The lowest BCUT2D eigenvalue weighted by Gasteiger charge is -1.98. The van der Waals surface area contributed by atoms with E-state index >= 15 is 0 Å². The minimum absolute atomic E-state index is 0.243. The fraction of sp³-hybridized carbons (Fsp3) is 0.167. The van der Waals surface area contributed by atoms with Gasteiger partial charge in [-0.05, 0) is 24.3 Å². The summed E-state index contributed by atoms with van der Waals surface area (Å²) in [4.78, 5) is 4.50. The predicted octanol–water partition coefficient (Wildman–Crippen LogP) is 1.75. The third-order valence-electron chi connectivity index (χ3n) is 2.62. The SMILES string of the molecule is Fc1ccc(-c2nc(CNCc3nn[nH]n3)cs2)cc1. The number of aromatic nitrogens is 5. The zero-order valence-electron chi connectivity index (χ0n) is 10.4. The summed E-state index contributed by atoms with van der Waals surface area (Å²) in [7, 11) is 0. The van der Waals surface area contributed by atoms with E-state index in [9.17, 15) is 4.39 Å². The summed E-state index contributed by atoms with van der Waals surface area (Å²) in [6.07, 6.45) is 0. The topological polar surface area (TPSA) is 79.4 Å². The van der Waals surface area contributed by atoms with E-state index in [4.69, 9.17) is 0 Å². The number of benzene rings is 1. The first-order valence-electron chi connectivity index (χ1n) is 5.94. The number of nitrogens with one attached hydrogen (secondary N) is 2. The molecule has 0 amide bonds. The van der Waals surface area contributed by atoms with E-state index in [2.05, 4.69) is 30.9 Å². The van der Waals surface area contributed by atoms with Crippen molar-refractivity contribution in [1.82, 2.24) is 30.9 Å². The lowest BCUT2D eigenvalue weighted by atomic mass is 10.2. The molecule has 1 aromatic carbocycles. The van der Waals surface area contributed by atoms with Crippen LogP contribution in [-0.2, 0) is 13.1 Å². The van der Waals surface area contributed by atoms with Gasteiger partial charge >= 0.3 is 0 Å². The molecule has 0 saturated carbocycles. The first kappa shape index (κ1) is 12.8. The van der Waals surface area contributed by atoms with Crippen LogP contribution in [-0.4, -0.2) is 25.6 Å². The molecule has 0 bridgehead atoms. The van der Waals surface area contributed by atoms with Crippen molar-refractivity contribution in [1.29, 1.82) is 0 Å². The van der Waals surface area contributed by atoms with Gasteiger partial charge in [0.2, 0.25) is 0 Å². The standard InChI is InChI=1S/C12H11FN6S/c13-9-3-1-8(2-4-9)12-15-10(7-20-12)5-14-6-11-16-18-19-17-11/h1-4,7,14H,5-6H2,(H,16,17,18,19). The Bertz CT molecular complexity index is 664. The first-order chi connectivity index (χ1) is 9.81. The maximum Gasteiger partial charge on any atom is 0.188 e. The second-order valence-electron chi connectivity index (χ2n) is 4.08. The largest absolute Gasteiger partial charge is 0.304 e. The van der Waals surface area contributed by atoms with Gasteiger partial charge in [-0.15, -0.1) is 21.5 Å². The van der Waals surface area contributed by atoms with Crippen molar-refractivity contribution in [2.45, 2.75) is 13.1 Å². The second-order valence-corrected chi connectivity index (χ2v) is 4.94. The Morgan fingerprint density at radius 3 is 2.80 bits per heavy atom. The fourth-order valence-electron chi connectivity index (χ4n) is 1.67. The van der Waals surface area contributed by atoms with Gasteiger partial charge in [0, 0.05) is 17.5 Å². The zero-order valence-corrected chi connectivity index (χ0v) is 11.2. The molecule has 2 heterocycles. The quantitative estimate of drug-likeness (QED) is 0.748. The van der Waals surface area contributed by atoms with Gasteiger partial charge in [0.1, 0.15) is 10.8 Å². The van der Waals surface area contributed by atoms with Crippen molar-refractivity contribution < 1.29 is 4.39 Å². The Kier molecular flexibility index (Phi) is 3.75. The molecule has 2 N–H and O–H groups in total. The van der Waals surface area contributed by atoms with E-state index in [0.717, 1.165) is 16.3 Å². The minimum Gasteiger partial charge on any atom is -0.304 e. The predicted molar refractivity (Wildman–Crippen MR) is 72.2 cm³/mol. The summed E-state index contributed by atoms with van der Waals surface area (Å²) < 4.78 is 12.9. The second kappa shape index (κ2) is 5.85. The molecule has 0 fully saturated rings. The highest BCUT2D eigenvalue weighted by Gasteiger charge is 2.05. The summed E-state index contributed by atoms with van der Waals surface area (Å²) in [5, 5.41) is 19.6. The molecular formula is C12H11FN6S. The number of aromatic amines is 1. The van der Waals surface area contributed by atoms with Crippen LogP contribution in [0.3, 0.4) is 0 Å². The summed E-state index contributed by atoms with van der Waals surface area (Å²) in [5.41, 5.74) is 1.85. The van der Waals surface area contributed by atoms with Crippen LogP contribution in [0.4, 0.5) is 4.39 Å². The average molecular weight is 290 g/mol. The van der Waals surface area contributed by atoms with Crippen molar-refractivity contribution in [2.75, 3.05) is 0 Å². The van der Waals surface area contributed by atoms with Crippen molar-refractivity contribution >= 4 is 11.3 Å². The van der Waals surface area contributed by atoms with Gasteiger partial charge in [-0.1, -0.05) is 5.21 Å². The lowest BCUT2D eigenvalue weighted by Crippen LogP contribution is -2.14. The summed E-state index contributed by atoms with van der Waals surface area (Å²) in [5.74, 6) is 0.367. The van der Waals surface area contributed by atoms with Gasteiger partial charge < -0.3 is 5.32 Å². The zero-order chi connectivity index (χ0) is 13.8. The first-order valence-corrected chi connectivity index (χ1v) is 6.82. The normalized spacial score (nSPS) is 10.8. The number of H-pyrrole nitrogens is 1. The molecule has 102 valence electrons. The number of thiazole rings is 1. The third kappa shape index (κ3) is 3.03. The van der Waals surface area contributed by atoms with Gasteiger partial charge in [0.25, 0.3) is 0 Å². The highest BCUT2D eigenvalue weighted by atomic mass is 32.1. The van der Waals surface area contributed by atoms with Crippen molar-refractivity contribution in [3.63, 3.8) is 0 Å². The van der Waals surface area contributed by atoms with Gasteiger partial charge in [-0.25, -0.2) is 9.37 Å². The number of nitrogens with zero attached hydrogens (tertiary/aromatic N) is 4. The molecule has 0 saturated heterocycles. The molecule has 0 atom stereocenters. The van der Waals surface area contributed by atoms with E-state index in [1.54, 1.807) is 12.1 Å². The van der Waals surface area contributed by atoms with Gasteiger partial charge in [0.15, 0.2) is 5.82 Å². The van der Waals surface area contributed by atoms with E-state index in [0.29, 0.717) is 18.9 Å². The van der Waals surface area contributed by atoms with Crippen LogP contribution < -0.4 is 5.32 Å². The minimum atomic E-state index is -0.243. The number of tetrazole rings is 1. The van der Waals surface area contributed by atoms with Crippen LogP contribution in [0.25, 0.3) is 10.6 Å². The van der Waals surface area contributed by atoms with E-state index in [1.807, 2.05) is 5.38 Å². The molecule has 20 heavy (non-hydrogen) atoms. The molecule has 0 aliphatic carbocycles. The number of halogens is 1.